The van der Waals surface area contributed by atoms with Gasteiger partial charge >= 0.3 is 0 Å². The highest BCUT2D eigenvalue weighted by Gasteiger charge is 2.05. The molecule has 0 aliphatic carbocycles. The van der Waals surface area contributed by atoms with E-state index >= 15 is 0 Å². The Labute approximate surface area is 186 Å². The van der Waals surface area contributed by atoms with Gasteiger partial charge in [-0.1, -0.05) is 35.7 Å². The molecule has 0 unspecified atom stereocenters. The zero-order chi connectivity index (χ0) is 21.6. The van der Waals surface area contributed by atoms with E-state index in [4.69, 9.17) is 4.74 Å². The molecule has 7 heteroatoms. The summed E-state index contributed by atoms with van der Waals surface area (Å²) in [6.45, 7) is 2.88. The predicted octanol–water partition coefficient (Wildman–Crippen LogP) is 5.28. The number of unbranched alkanes of at least 4 members (excludes halogenated alkanes) is 2. The molecule has 0 bridgehead atoms. The van der Waals surface area contributed by atoms with Gasteiger partial charge in [0.2, 0.25) is 11.8 Å². The first-order valence-corrected chi connectivity index (χ1v) is 11.0. The number of hydrogen-bond donors (Lipinski definition) is 2. The minimum Gasteiger partial charge on any atom is -0.494 e. The molecule has 0 aliphatic heterocycles. The van der Waals surface area contributed by atoms with Gasteiger partial charge in [-0.3, -0.25) is 9.59 Å². The van der Waals surface area contributed by atoms with Crippen molar-refractivity contribution in [2.24, 2.45) is 5.10 Å². The van der Waals surface area contributed by atoms with Crippen LogP contribution in [0.4, 0.5) is 5.69 Å². The molecule has 6 nitrogen and oxygen atoms in total. The van der Waals surface area contributed by atoms with Crippen LogP contribution in [0, 0.1) is 0 Å². The van der Waals surface area contributed by atoms with Gasteiger partial charge in [0.1, 0.15) is 5.75 Å². The summed E-state index contributed by atoms with van der Waals surface area (Å²) >= 11 is 3.35. The molecule has 0 saturated carbocycles. The minimum atomic E-state index is -0.224. The summed E-state index contributed by atoms with van der Waals surface area (Å²) in [4.78, 5) is 23.8. The molecule has 2 aromatic carbocycles. The van der Waals surface area contributed by atoms with Crippen molar-refractivity contribution >= 4 is 39.6 Å². The maximum atomic E-state index is 11.9. The summed E-state index contributed by atoms with van der Waals surface area (Å²) in [6, 6.07) is 14.9. The van der Waals surface area contributed by atoms with Crippen LogP contribution in [0.3, 0.4) is 0 Å². The van der Waals surface area contributed by atoms with Gasteiger partial charge in [0.15, 0.2) is 0 Å². The smallest absolute Gasteiger partial charge is 0.240 e. The van der Waals surface area contributed by atoms with Gasteiger partial charge in [0.05, 0.1) is 12.8 Å². The van der Waals surface area contributed by atoms with Gasteiger partial charge in [-0.25, -0.2) is 5.43 Å². The Morgan fingerprint density at radius 3 is 2.37 bits per heavy atom. The molecule has 0 radical (unpaired) electrons. The molecule has 0 atom stereocenters. The highest BCUT2D eigenvalue weighted by atomic mass is 79.9. The number of nitrogens with zero attached hydrogens (tertiary/aromatic N) is 1. The maximum absolute atomic E-state index is 11.9. The summed E-state index contributed by atoms with van der Waals surface area (Å²) in [5.41, 5.74) is 4.08. The van der Waals surface area contributed by atoms with Crippen molar-refractivity contribution in [1.82, 2.24) is 5.43 Å². The lowest BCUT2D eigenvalue weighted by Gasteiger charge is -2.05. The second-order valence-electron chi connectivity index (χ2n) is 6.83. The number of carbonyl (C=O) groups is 2. The molecule has 0 fully saturated rings. The Hall–Kier alpha value is -2.67. The third kappa shape index (κ3) is 9.69. The van der Waals surface area contributed by atoms with Gasteiger partial charge in [-0.2, -0.15) is 5.10 Å². The Balaban J connectivity index is 1.62. The van der Waals surface area contributed by atoms with E-state index in [2.05, 4.69) is 38.7 Å². The lowest BCUT2D eigenvalue weighted by Crippen LogP contribution is -2.18. The largest absolute Gasteiger partial charge is 0.494 e. The molecule has 0 aliphatic rings. The molecular formula is C23H28BrN3O3. The molecule has 2 amide bonds. The summed E-state index contributed by atoms with van der Waals surface area (Å²) in [7, 11) is 0. The zero-order valence-electron chi connectivity index (χ0n) is 17.2. The molecule has 2 aromatic rings. The van der Waals surface area contributed by atoms with Crippen molar-refractivity contribution in [2.45, 2.75) is 45.4 Å². The summed E-state index contributed by atoms with van der Waals surface area (Å²) in [5.74, 6) is 0.484. The van der Waals surface area contributed by atoms with Gasteiger partial charge in [0.25, 0.3) is 0 Å². The third-order valence-corrected chi connectivity index (χ3v) is 4.76. The van der Waals surface area contributed by atoms with E-state index in [-0.39, 0.29) is 24.7 Å². The highest BCUT2D eigenvalue weighted by Crippen LogP contribution is 2.14. The molecule has 160 valence electrons. The van der Waals surface area contributed by atoms with Crippen LogP contribution in [-0.4, -0.2) is 24.6 Å². The van der Waals surface area contributed by atoms with Crippen LogP contribution >= 0.6 is 15.9 Å². The van der Waals surface area contributed by atoms with E-state index in [0.29, 0.717) is 6.42 Å². The van der Waals surface area contributed by atoms with Crippen molar-refractivity contribution in [2.75, 3.05) is 11.9 Å². The van der Waals surface area contributed by atoms with Gasteiger partial charge in [0, 0.05) is 23.0 Å². The van der Waals surface area contributed by atoms with Gasteiger partial charge in [-0.15, -0.1) is 0 Å². The van der Waals surface area contributed by atoms with Gasteiger partial charge < -0.3 is 10.1 Å². The van der Waals surface area contributed by atoms with Crippen LogP contribution in [0.1, 0.15) is 51.0 Å². The van der Waals surface area contributed by atoms with Crippen LogP contribution in [0.25, 0.3) is 0 Å². The second-order valence-corrected chi connectivity index (χ2v) is 7.74. The number of hydrazone groups is 1. The van der Waals surface area contributed by atoms with Crippen LogP contribution in [0.5, 0.6) is 5.75 Å². The lowest BCUT2D eigenvalue weighted by atomic mass is 10.2. The number of anilines is 1. The second kappa shape index (κ2) is 13.5. The van der Waals surface area contributed by atoms with Crippen LogP contribution < -0.4 is 15.5 Å². The normalized spacial score (nSPS) is 10.7. The quantitative estimate of drug-likeness (QED) is 0.250. The van der Waals surface area contributed by atoms with E-state index in [1.807, 2.05) is 48.5 Å². The summed E-state index contributed by atoms with van der Waals surface area (Å²) < 4.78 is 6.61. The predicted molar refractivity (Wildman–Crippen MR) is 124 cm³/mol. The van der Waals surface area contributed by atoms with Crippen molar-refractivity contribution in [3.63, 3.8) is 0 Å². The number of hydrogen-bond acceptors (Lipinski definition) is 4. The monoisotopic (exact) mass is 473 g/mol. The van der Waals surface area contributed by atoms with E-state index in [9.17, 15) is 9.59 Å². The third-order valence-electron chi connectivity index (χ3n) is 4.24. The fraction of sp³-hybridized carbons (Fsp3) is 0.348. The molecule has 0 aromatic heterocycles. The standard InChI is InChI=1S/C23H28BrN3O3/c1-2-3-4-16-30-21-14-8-18(9-15-21)17-25-27-23(29)7-5-6-22(28)26-20-12-10-19(24)11-13-20/h8-15,17H,2-7,16H2,1H3,(H,26,28)(H,27,29). The Kier molecular flexibility index (Phi) is 10.7. The Bertz CT molecular complexity index is 821. The molecule has 2 rings (SSSR count). The SMILES string of the molecule is CCCCCOc1ccc(C=NNC(=O)CCCC(=O)Nc2ccc(Br)cc2)cc1. The van der Waals surface area contributed by atoms with Crippen LogP contribution in [0.15, 0.2) is 58.1 Å². The van der Waals surface area contributed by atoms with Crippen molar-refractivity contribution in [3.05, 3.63) is 58.6 Å². The Morgan fingerprint density at radius 1 is 0.967 bits per heavy atom. The summed E-state index contributed by atoms with van der Waals surface area (Å²) in [5, 5.41) is 6.76. The van der Waals surface area contributed by atoms with E-state index in [1.165, 1.54) is 12.8 Å². The molecule has 0 spiro atoms. The van der Waals surface area contributed by atoms with E-state index in [0.717, 1.165) is 34.5 Å². The highest BCUT2D eigenvalue weighted by molar-refractivity contribution is 9.10. The zero-order valence-corrected chi connectivity index (χ0v) is 18.8. The fourth-order valence-electron chi connectivity index (χ4n) is 2.59. The van der Waals surface area contributed by atoms with Crippen LogP contribution in [0.2, 0.25) is 0 Å². The number of benzene rings is 2. The topological polar surface area (TPSA) is 79.8 Å². The van der Waals surface area contributed by atoms with Crippen molar-refractivity contribution in [1.29, 1.82) is 0 Å². The fourth-order valence-corrected chi connectivity index (χ4v) is 2.86. The molecule has 30 heavy (non-hydrogen) atoms. The minimum absolute atomic E-state index is 0.120. The number of carbonyl (C=O) groups excluding carboxylic acids is 2. The molecule has 0 saturated heterocycles. The van der Waals surface area contributed by atoms with Crippen molar-refractivity contribution < 1.29 is 14.3 Å². The number of nitrogens with one attached hydrogen (secondary N) is 2. The van der Waals surface area contributed by atoms with Crippen LogP contribution in [-0.2, 0) is 9.59 Å². The van der Waals surface area contributed by atoms with Crippen molar-refractivity contribution in [3.8, 4) is 5.75 Å². The first-order chi connectivity index (χ1) is 14.6. The summed E-state index contributed by atoms with van der Waals surface area (Å²) in [6.07, 6.45) is 5.93. The maximum Gasteiger partial charge on any atom is 0.240 e. The van der Waals surface area contributed by atoms with E-state index < -0.39 is 0 Å². The molecule has 0 heterocycles. The Morgan fingerprint density at radius 2 is 1.67 bits per heavy atom. The first-order valence-electron chi connectivity index (χ1n) is 10.2. The average Bonchev–Trinajstić information content (AvgIpc) is 2.74. The molecular weight excluding hydrogens is 446 g/mol. The number of amides is 2. The lowest BCUT2D eigenvalue weighted by molar-refractivity contribution is -0.121. The number of ether oxygens (including phenoxy) is 1. The van der Waals surface area contributed by atoms with Gasteiger partial charge in [-0.05, 0) is 66.9 Å². The number of rotatable bonds is 12. The average molecular weight is 474 g/mol. The van der Waals surface area contributed by atoms with E-state index in [1.54, 1.807) is 6.21 Å². The molecule has 2 N–H and O–H groups in total. The first kappa shape index (κ1) is 23.6. The number of halogens is 1.